The van der Waals surface area contributed by atoms with Crippen LogP contribution in [-0.2, 0) is 16.1 Å². The second-order valence-electron chi connectivity index (χ2n) is 7.91. The van der Waals surface area contributed by atoms with E-state index in [1.54, 1.807) is 19.1 Å². The van der Waals surface area contributed by atoms with E-state index in [-0.39, 0.29) is 24.2 Å². The van der Waals surface area contributed by atoms with E-state index >= 15 is 0 Å². The molecule has 2 aromatic carbocycles. The molecule has 3 rings (SSSR count). The van der Waals surface area contributed by atoms with E-state index in [1.165, 1.54) is 6.07 Å². The summed E-state index contributed by atoms with van der Waals surface area (Å²) in [6, 6.07) is 14.9. The lowest BCUT2D eigenvalue weighted by Crippen LogP contribution is -2.47. The van der Waals surface area contributed by atoms with Gasteiger partial charge in [0.1, 0.15) is 0 Å². The maximum absolute atomic E-state index is 12.9. The summed E-state index contributed by atoms with van der Waals surface area (Å²) in [4.78, 5) is 28.1. The summed E-state index contributed by atoms with van der Waals surface area (Å²) in [6.07, 6.45) is 0. The molecule has 166 valence electrons. The zero-order valence-electron chi connectivity index (χ0n) is 18.1. The Kier molecular flexibility index (Phi) is 8.11. The third-order valence-electron chi connectivity index (χ3n) is 5.60. The van der Waals surface area contributed by atoms with Gasteiger partial charge in [0.25, 0.3) is 5.69 Å². The molecule has 1 atom stereocenters. The number of morpholine rings is 1. The number of nitrogens with zero attached hydrogens (tertiary/aromatic N) is 3. The molecule has 1 amide bonds. The maximum Gasteiger partial charge on any atom is 0.274 e. The van der Waals surface area contributed by atoms with Crippen molar-refractivity contribution in [3.05, 3.63) is 69.8 Å². The van der Waals surface area contributed by atoms with Crippen molar-refractivity contribution in [1.82, 2.24) is 9.80 Å². The van der Waals surface area contributed by atoms with Gasteiger partial charge in [0.05, 0.1) is 35.9 Å². The fourth-order valence-electron chi connectivity index (χ4n) is 3.79. The van der Waals surface area contributed by atoms with Crippen LogP contribution >= 0.6 is 0 Å². The van der Waals surface area contributed by atoms with Gasteiger partial charge in [-0.05, 0) is 25.5 Å². The highest BCUT2D eigenvalue weighted by molar-refractivity contribution is 5.93. The number of carbonyl (C=O) groups excluding carboxylic acids is 1. The van der Waals surface area contributed by atoms with E-state index < -0.39 is 4.92 Å². The van der Waals surface area contributed by atoms with Crippen LogP contribution in [0.2, 0.25) is 0 Å². The smallest absolute Gasteiger partial charge is 0.274 e. The molecule has 1 fully saturated rings. The standard InChI is InChI=1S/C23H30N4O4/c1-18(15-25-11-13-31-14-12-25)26(16-20-7-4-3-5-8-20)17-23(28)24-21-9-6-10-22(19(21)2)27(29)30/h3-10,18H,11-17H2,1-2H3,(H,24,28). The SMILES string of the molecule is Cc1c(NC(=O)CN(Cc2ccccc2)C(C)CN2CCOCC2)cccc1[N+](=O)[O-]. The molecule has 1 N–H and O–H groups in total. The fourth-order valence-corrected chi connectivity index (χ4v) is 3.79. The summed E-state index contributed by atoms with van der Waals surface area (Å²) in [7, 11) is 0. The van der Waals surface area contributed by atoms with E-state index in [0.29, 0.717) is 17.8 Å². The van der Waals surface area contributed by atoms with Gasteiger partial charge in [-0.2, -0.15) is 0 Å². The monoisotopic (exact) mass is 426 g/mol. The molecule has 0 radical (unpaired) electrons. The molecule has 0 bridgehead atoms. The van der Waals surface area contributed by atoms with Gasteiger partial charge in [-0.25, -0.2) is 0 Å². The number of amides is 1. The van der Waals surface area contributed by atoms with Crippen molar-refractivity contribution in [3.8, 4) is 0 Å². The fraction of sp³-hybridized carbons (Fsp3) is 0.435. The van der Waals surface area contributed by atoms with Crippen LogP contribution in [0.5, 0.6) is 0 Å². The zero-order valence-corrected chi connectivity index (χ0v) is 18.1. The van der Waals surface area contributed by atoms with E-state index in [2.05, 4.69) is 34.2 Å². The molecule has 1 aliphatic heterocycles. The second kappa shape index (κ2) is 11.0. The van der Waals surface area contributed by atoms with Crippen molar-refractivity contribution in [2.24, 2.45) is 0 Å². The largest absolute Gasteiger partial charge is 0.379 e. The predicted octanol–water partition coefficient (Wildman–Crippen LogP) is 3.06. The number of nitro benzene ring substituents is 1. The van der Waals surface area contributed by atoms with Gasteiger partial charge in [0.2, 0.25) is 5.91 Å². The molecule has 1 saturated heterocycles. The number of nitrogens with one attached hydrogen (secondary N) is 1. The molecule has 0 saturated carbocycles. The topological polar surface area (TPSA) is 88.0 Å². The summed E-state index contributed by atoms with van der Waals surface area (Å²) in [5.74, 6) is -0.187. The van der Waals surface area contributed by atoms with Crippen molar-refractivity contribution >= 4 is 17.3 Å². The molecule has 1 aliphatic rings. The highest BCUT2D eigenvalue weighted by atomic mass is 16.6. The first-order chi connectivity index (χ1) is 14.9. The number of carbonyl (C=O) groups is 1. The van der Waals surface area contributed by atoms with Crippen LogP contribution in [0.1, 0.15) is 18.1 Å². The minimum Gasteiger partial charge on any atom is -0.379 e. The van der Waals surface area contributed by atoms with Gasteiger partial charge >= 0.3 is 0 Å². The molecule has 8 nitrogen and oxygen atoms in total. The lowest BCUT2D eigenvalue weighted by Gasteiger charge is -2.34. The Morgan fingerprint density at radius 2 is 1.90 bits per heavy atom. The van der Waals surface area contributed by atoms with Gasteiger partial charge in [-0.3, -0.25) is 24.7 Å². The normalized spacial score (nSPS) is 15.6. The van der Waals surface area contributed by atoms with E-state index in [9.17, 15) is 14.9 Å². The molecule has 0 spiro atoms. The highest BCUT2D eigenvalue weighted by Crippen LogP contribution is 2.25. The first-order valence-corrected chi connectivity index (χ1v) is 10.6. The van der Waals surface area contributed by atoms with Gasteiger partial charge in [0.15, 0.2) is 0 Å². The third-order valence-corrected chi connectivity index (χ3v) is 5.60. The van der Waals surface area contributed by atoms with Gasteiger partial charge in [0, 0.05) is 38.3 Å². The molecule has 0 aliphatic carbocycles. The summed E-state index contributed by atoms with van der Waals surface area (Å²) in [5.41, 5.74) is 2.06. The Balaban J connectivity index is 1.70. The highest BCUT2D eigenvalue weighted by Gasteiger charge is 2.22. The second-order valence-corrected chi connectivity index (χ2v) is 7.91. The van der Waals surface area contributed by atoms with E-state index in [4.69, 9.17) is 4.74 Å². The lowest BCUT2D eigenvalue weighted by molar-refractivity contribution is -0.385. The Hall–Kier alpha value is -2.81. The first-order valence-electron chi connectivity index (χ1n) is 10.6. The number of rotatable bonds is 9. The minimum atomic E-state index is -0.433. The minimum absolute atomic E-state index is 0.000345. The number of benzene rings is 2. The number of anilines is 1. The number of hydrogen-bond acceptors (Lipinski definition) is 6. The predicted molar refractivity (Wildman–Crippen MR) is 120 cm³/mol. The number of hydrogen-bond donors (Lipinski definition) is 1. The van der Waals surface area contributed by atoms with Crippen LogP contribution in [0.25, 0.3) is 0 Å². The summed E-state index contributed by atoms with van der Waals surface area (Å²) >= 11 is 0. The average molecular weight is 427 g/mol. The average Bonchev–Trinajstić information content (AvgIpc) is 2.76. The molecule has 0 aromatic heterocycles. The molecule has 1 unspecified atom stereocenters. The molecule has 8 heteroatoms. The zero-order chi connectivity index (χ0) is 22.2. The van der Waals surface area contributed by atoms with E-state index in [0.717, 1.165) is 38.4 Å². The summed E-state index contributed by atoms with van der Waals surface area (Å²) in [6.45, 7) is 8.72. The van der Waals surface area contributed by atoms with Gasteiger partial charge in [-0.15, -0.1) is 0 Å². The van der Waals surface area contributed by atoms with Crippen LogP contribution in [-0.4, -0.2) is 66.1 Å². The van der Waals surface area contributed by atoms with Crippen molar-refractivity contribution in [1.29, 1.82) is 0 Å². The van der Waals surface area contributed by atoms with Gasteiger partial charge in [-0.1, -0.05) is 36.4 Å². The van der Waals surface area contributed by atoms with Crippen LogP contribution in [0.3, 0.4) is 0 Å². The van der Waals surface area contributed by atoms with Crippen molar-refractivity contribution in [2.75, 3.05) is 44.7 Å². The molecular weight excluding hydrogens is 396 g/mol. The Labute approximate surface area is 182 Å². The van der Waals surface area contributed by atoms with Crippen molar-refractivity contribution in [2.45, 2.75) is 26.4 Å². The van der Waals surface area contributed by atoms with Crippen LogP contribution in [0.4, 0.5) is 11.4 Å². The van der Waals surface area contributed by atoms with Crippen LogP contribution in [0, 0.1) is 17.0 Å². The van der Waals surface area contributed by atoms with Crippen LogP contribution < -0.4 is 5.32 Å². The van der Waals surface area contributed by atoms with E-state index in [1.807, 2.05) is 18.2 Å². The summed E-state index contributed by atoms with van der Waals surface area (Å²) in [5, 5.41) is 14.1. The Morgan fingerprint density at radius 1 is 1.19 bits per heavy atom. The Bertz CT molecular complexity index is 884. The molecular formula is C23H30N4O4. The maximum atomic E-state index is 12.9. The summed E-state index contributed by atoms with van der Waals surface area (Å²) < 4.78 is 5.44. The quantitative estimate of drug-likeness (QED) is 0.490. The van der Waals surface area contributed by atoms with Crippen molar-refractivity contribution < 1.29 is 14.5 Å². The van der Waals surface area contributed by atoms with Gasteiger partial charge < -0.3 is 10.1 Å². The third kappa shape index (κ3) is 6.58. The number of ether oxygens (including phenoxy) is 1. The molecule has 31 heavy (non-hydrogen) atoms. The number of nitro groups is 1. The molecule has 2 aromatic rings. The Morgan fingerprint density at radius 3 is 2.58 bits per heavy atom. The first kappa shape index (κ1) is 22.9. The van der Waals surface area contributed by atoms with Crippen LogP contribution in [0.15, 0.2) is 48.5 Å². The van der Waals surface area contributed by atoms with Crippen molar-refractivity contribution in [3.63, 3.8) is 0 Å². The molecule has 1 heterocycles. The lowest BCUT2D eigenvalue weighted by atomic mass is 10.1.